The number of aliphatic hydroxyl groups excluding tert-OH is 2. The predicted molar refractivity (Wildman–Crippen MR) is 132 cm³/mol. The van der Waals surface area contributed by atoms with Crippen LogP contribution in [0.25, 0.3) is 10.8 Å². The van der Waals surface area contributed by atoms with E-state index in [1.165, 1.54) is 21.9 Å². The first-order chi connectivity index (χ1) is 16.6. The zero-order valence-electron chi connectivity index (χ0n) is 19.2. The molecule has 2 aliphatic rings. The molecule has 6 heteroatoms. The Morgan fingerprint density at radius 1 is 1.03 bits per heavy atom. The van der Waals surface area contributed by atoms with Crippen molar-refractivity contribution < 1.29 is 19.4 Å². The van der Waals surface area contributed by atoms with Gasteiger partial charge in [-0.3, -0.25) is 9.69 Å². The van der Waals surface area contributed by atoms with E-state index in [-0.39, 0.29) is 6.04 Å². The van der Waals surface area contributed by atoms with Crippen LogP contribution in [0.15, 0.2) is 66.7 Å². The number of aliphatic hydroxyl groups is 2. The van der Waals surface area contributed by atoms with Crippen LogP contribution in [-0.4, -0.2) is 59.0 Å². The molecule has 3 atom stereocenters. The average molecular weight is 463 g/mol. The van der Waals surface area contributed by atoms with E-state index < -0.39 is 31.2 Å². The molecule has 1 saturated heterocycles. The van der Waals surface area contributed by atoms with Crippen molar-refractivity contribution in [3.8, 4) is 0 Å². The topological polar surface area (TPSA) is 64.0 Å². The molecule has 0 bridgehead atoms. The van der Waals surface area contributed by atoms with Crippen LogP contribution < -0.4 is 4.90 Å². The van der Waals surface area contributed by atoms with Gasteiger partial charge in [-0.15, -0.1) is 0 Å². The van der Waals surface area contributed by atoms with Crippen molar-refractivity contribution in [2.75, 3.05) is 24.6 Å². The molecule has 0 aromatic heterocycles. The third-order valence-corrected chi connectivity index (χ3v) is 7.33. The highest BCUT2D eigenvalue weighted by Gasteiger charge is 2.37. The summed E-state index contributed by atoms with van der Waals surface area (Å²) >= 11 is 0. The molecular weight excluding hydrogens is 431 g/mol. The zero-order chi connectivity index (χ0) is 23.7. The summed E-state index contributed by atoms with van der Waals surface area (Å²) in [5, 5.41) is 21.4. The van der Waals surface area contributed by atoms with Gasteiger partial charge in [0, 0.05) is 37.3 Å². The van der Waals surface area contributed by atoms with Gasteiger partial charge in [0.05, 0.1) is 12.7 Å². The van der Waals surface area contributed by atoms with Gasteiger partial charge in [0.1, 0.15) is 0 Å². The minimum absolute atomic E-state index is 0.116. The van der Waals surface area contributed by atoms with Crippen molar-refractivity contribution in [3.05, 3.63) is 77.9 Å². The first kappa shape index (κ1) is 23.0. The summed E-state index contributed by atoms with van der Waals surface area (Å²) in [6.45, 7) is 1.09. The number of alkyl halides is 1. The number of likely N-dealkylation sites (tertiary alicyclic amines) is 1. The van der Waals surface area contributed by atoms with Crippen molar-refractivity contribution in [1.29, 1.82) is 0 Å². The normalized spacial score (nSPS) is 20.4. The number of benzene rings is 3. The molecule has 1 aliphatic carbocycles. The minimum Gasteiger partial charge on any atom is -0.394 e. The third-order valence-electron chi connectivity index (χ3n) is 7.33. The van der Waals surface area contributed by atoms with Gasteiger partial charge in [-0.2, -0.15) is 0 Å². The second-order valence-electron chi connectivity index (χ2n) is 9.43. The number of anilines is 1. The van der Waals surface area contributed by atoms with E-state index in [1.54, 1.807) is 4.90 Å². The second-order valence-corrected chi connectivity index (χ2v) is 9.43. The fourth-order valence-corrected chi connectivity index (χ4v) is 5.67. The number of hydrogen-bond acceptors (Lipinski definition) is 4. The molecule has 1 fully saturated rings. The number of nitrogens with zero attached hydrogens (tertiary/aromatic N) is 2. The maximum absolute atomic E-state index is 14.9. The Labute approximate surface area is 199 Å². The van der Waals surface area contributed by atoms with Crippen LogP contribution in [0, 0.1) is 0 Å². The number of amides is 1. The first-order valence-corrected chi connectivity index (χ1v) is 12.1. The van der Waals surface area contributed by atoms with Crippen LogP contribution in [0.5, 0.6) is 0 Å². The molecule has 2 N–H and O–H groups in total. The molecule has 3 aromatic rings. The summed E-state index contributed by atoms with van der Waals surface area (Å²) in [5.74, 6) is -0.643. The first-order valence-electron chi connectivity index (χ1n) is 12.1. The van der Waals surface area contributed by atoms with Gasteiger partial charge in [-0.05, 0) is 53.3 Å². The summed E-state index contributed by atoms with van der Waals surface area (Å²) in [4.78, 5) is 17.2. The predicted octanol–water partition coefficient (Wildman–Crippen LogP) is 4.02. The van der Waals surface area contributed by atoms with Crippen LogP contribution in [0.4, 0.5) is 10.1 Å². The molecule has 3 unspecified atom stereocenters. The molecule has 178 valence electrons. The zero-order valence-corrected chi connectivity index (χ0v) is 19.2. The smallest absolute Gasteiger partial charge is 0.261 e. The highest BCUT2D eigenvalue weighted by Crippen LogP contribution is 2.41. The lowest BCUT2D eigenvalue weighted by atomic mass is 9.97. The summed E-state index contributed by atoms with van der Waals surface area (Å²) in [5.41, 5.74) is 3.44. The van der Waals surface area contributed by atoms with E-state index in [0.717, 1.165) is 32.4 Å². The fourth-order valence-electron chi connectivity index (χ4n) is 5.67. The molecule has 0 radical (unpaired) electrons. The molecule has 1 heterocycles. The number of piperidine rings is 1. The van der Waals surface area contributed by atoms with Crippen LogP contribution in [-0.2, 0) is 11.2 Å². The van der Waals surface area contributed by atoms with Crippen molar-refractivity contribution in [1.82, 2.24) is 4.90 Å². The minimum atomic E-state index is -1.86. The number of carbonyl (C=O) groups is 1. The number of rotatable bonds is 7. The fraction of sp³-hybridized carbons (Fsp3) is 0.393. The molecular formula is C28H31FN2O3. The number of hydrogen-bond donors (Lipinski definition) is 2. The lowest BCUT2D eigenvalue weighted by Crippen LogP contribution is -2.51. The Balaban J connectivity index is 1.33. The van der Waals surface area contributed by atoms with E-state index in [4.69, 9.17) is 5.11 Å². The monoisotopic (exact) mass is 462 g/mol. The molecule has 3 aromatic carbocycles. The second kappa shape index (κ2) is 9.82. The Morgan fingerprint density at radius 2 is 1.74 bits per heavy atom. The third kappa shape index (κ3) is 4.33. The summed E-state index contributed by atoms with van der Waals surface area (Å²) in [7, 11) is 0. The van der Waals surface area contributed by atoms with Gasteiger partial charge in [-0.25, -0.2) is 4.39 Å². The van der Waals surface area contributed by atoms with E-state index >= 15 is 0 Å². The standard InChI is InChI=1S/C28H31FN2O3/c29-25(17-23(33)18-32)28(34)31(21-9-2-1-3-10-21)22-12-14-30(15-13-22)26-16-20-8-4-6-19-7-5-11-24(26)27(19)20/h1-11,22-23,25-26,32-33H,12-18H2. The lowest BCUT2D eigenvalue weighted by Gasteiger charge is -2.41. The van der Waals surface area contributed by atoms with Crippen molar-refractivity contribution in [2.24, 2.45) is 0 Å². The largest absolute Gasteiger partial charge is 0.394 e. The highest BCUT2D eigenvalue weighted by atomic mass is 19.1. The maximum Gasteiger partial charge on any atom is 0.261 e. The van der Waals surface area contributed by atoms with Crippen LogP contribution in [0.1, 0.15) is 36.4 Å². The number of halogens is 1. The summed E-state index contributed by atoms with van der Waals surface area (Å²) in [6, 6.07) is 22.5. The van der Waals surface area contributed by atoms with Crippen molar-refractivity contribution >= 4 is 22.4 Å². The van der Waals surface area contributed by atoms with E-state index in [9.17, 15) is 14.3 Å². The Morgan fingerprint density at radius 3 is 2.44 bits per heavy atom. The molecule has 0 spiro atoms. The van der Waals surface area contributed by atoms with Crippen LogP contribution in [0.3, 0.4) is 0 Å². The lowest BCUT2D eigenvalue weighted by molar-refractivity contribution is -0.125. The van der Waals surface area contributed by atoms with E-state index in [1.807, 2.05) is 30.3 Å². The SMILES string of the molecule is O=C(C(F)CC(O)CO)N(c1ccccc1)C1CCN(C2Cc3cccc4cccc2c34)CC1. The molecule has 34 heavy (non-hydrogen) atoms. The van der Waals surface area contributed by atoms with E-state index in [2.05, 4.69) is 41.3 Å². The Kier molecular flexibility index (Phi) is 6.63. The Bertz CT molecular complexity index is 1140. The number of carbonyl (C=O) groups excluding carboxylic acids is 1. The molecule has 0 saturated carbocycles. The summed E-state index contributed by atoms with van der Waals surface area (Å²) < 4.78 is 14.9. The van der Waals surface area contributed by atoms with E-state index in [0.29, 0.717) is 11.7 Å². The Hall–Kier alpha value is -2.80. The average Bonchev–Trinajstić information content (AvgIpc) is 3.26. The van der Waals surface area contributed by atoms with Gasteiger partial charge in [0.25, 0.3) is 5.91 Å². The maximum atomic E-state index is 14.9. The molecule has 5 rings (SSSR count). The summed E-state index contributed by atoms with van der Waals surface area (Å²) in [6.07, 6.45) is -1.01. The van der Waals surface area contributed by atoms with Gasteiger partial charge in [0.2, 0.25) is 0 Å². The van der Waals surface area contributed by atoms with Crippen molar-refractivity contribution in [2.45, 2.75) is 50.0 Å². The molecule has 1 amide bonds. The van der Waals surface area contributed by atoms with Gasteiger partial charge in [-0.1, -0.05) is 54.6 Å². The van der Waals surface area contributed by atoms with Gasteiger partial charge >= 0.3 is 0 Å². The highest BCUT2D eigenvalue weighted by molar-refractivity contribution is 5.97. The molecule has 5 nitrogen and oxygen atoms in total. The van der Waals surface area contributed by atoms with Crippen molar-refractivity contribution in [3.63, 3.8) is 0 Å². The number of para-hydroxylation sites is 1. The quantitative estimate of drug-likeness (QED) is 0.557. The molecule has 1 aliphatic heterocycles. The van der Waals surface area contributed by atoms with Gasteiger partial charge < -0.3 is 15.1 Å². The van der Waals surface area contributed by atoms with Crippen LogP contribution >= 0.6 is 0 Å². The van der Waals surface area contributed by atoms with Gasteiger partial charge in [0.15, 0.2) is 6.17 Å². The van der Waals surface area contributed by atoms with Crippen LogP contribution in [0.2, 0.25) is 0 Å².